The van der Waals surface area contributed by atoms with Gasteiger partial charge in [-0.3, -0.25) is 4.79 Å². The summed E-state index contributed by atoms with van der Waals surface area (Å²) in [5, 5.41) is 0.697. The molecule has 1 amide bonds. The molecule has 1 saturated heterocycles. The van der Waals surface area contributed by atoms with Gasteiger partial charge in [0.05, 0.1) is 5.69 Å². The van der Waals surface area contributed by atoms with E-state index in [0.717, 1.165) is 25.3 Å². The molecule has 22 heavy (non-hydrogen) atoms. The van der Waals surface area contributed by atoms with E-state index in [0.29, 0.717) is 15.7 Å². The van der Waals surface area contributed by atoms with Crippen molar-refractivity contribution in [3.63, 3.8) is 0 Å². The number of carbonyl (C=O) groups excluding carboxylic acids is 1. The number of thiazole rings is 1. The largest absolute Gasteiger partial charge is 0.333 e. The molecule has 3 heterocycles. The fraction of sp³-hybridized carbons (Fsp3) is 0.467. The molecule has 0 radical (unpaired) electrons. The van der Waals surface area contributed by atoms with Gasteiger partial charge in [0.2, 0.25) is 0 Å². The van der Waals surface area contributed by atoms with E-state index >= 15 is 0 Å². The second kappa shape index (κ2) is 6.10. The Hall–Kier alpha value is -1.86. The Bertz CT molecular complexity index is 672. The summed E-state index contributed by atoms with van der Waals surface area (Å²) in [4.78, 5) is 30.6. The van der Waals surface area contributed by atoms with Gasteiger partial charge in [0.25, 0.3) is 5.91 Å². The van der Waals surface area contributed by atoms with Gasteiger partial charge in [0, 0.05) is 38.1 Å². The minimum Gasteiger partial charge on any atom is -0.333 e. The van der Waals surface area contributed by atoms with Gasteiger partial charge in [-0.15, -0.1) is 11.3 Å². The number of amides is 1. The number of aryl methyl sites for hydroxylation is 1. The Morgan fingerprint density at radius 3 is 2.73 bits per heavy atom. The van der Waals surface area contributed by atoms with Gasteiger partial charge in [-0.2, -0.15) is 0 Å². The molecule has 3 rings (SSSR count). The summed E-state index contributed by atoms with van der Waals surface area (Å²) in [6.07, 6.45) is 3.37. The fourth-order valence-electron chi connectivity index (χ4n) is 2.67. The molecule has 2 aromatic heterocycles. The maximum Gasteiger partial charge on any atom is 0.266 e. The highest BCUT2D eigenvalue weighted by molar-refractivity contribution is 7.17. The lowest BCUT2D eigenvalue weighted by molar-refractivity contribution is 0.0537. The number of hydrogen-bond donors (Lipinski definition) is 0. The van der Waals surface area contributed by atoms with Crippen molar-refractivity contribution >= 4 is 17.2 Å². The van der Waals surface area contributed by atoms with Crippen molar-refractivity contribution in [1.29, 1.82) is 0 Å². The summed E-state index contributed by atoms with van der Waals surface area (Å²) < 4.78 is 0. The van der Waals surface area contributed by atoms with Crippen LogP contribution in [0.5, 0.6) is 0 Å². The molecule has 7 heteroatoms. The van der Waals surface area contributed by atoms with E-state index in [4.69, 9.17) is 0 Å². The van der Waals surface area contributed by atoms with Gasteiger partial charge in [0.1, 0.15) is 4.88 Å². The molecule has 1 aliphatic heterocycles. The molecule has 0 spiro atoms. The van der Waals surface area contributed by atoms with E-state index in [-0.39, 0.29) is 11.9 Å². The van der Waals surface area contributed by atoms with Gasteiger partial charge >= 0.3 is 0 Å². The second-order valence-electron chi connectivity index (χ2n) is 5.62. The molecule has 1 atom stereocenters. The standard InChI is InChI=1S/C15H19N5OS/c1-10-9-19(3)7-8-20(10)15(21)12-11(2)18-14(22-12)13-16-5-4-6-17-13/h4-6,10H,7-9H2,1-3H3. The lowest BCUT2D eigenvalue weighted by Crippen LogP contribution is -2.52. The summed E-state index contributed by atoms with van der Waals surface area (Å²) in [5.74, 6) is 0.638. The average Bonchev–Trinajstić information content (AvgIpc) is 2.89. The molecule has 2 aromatic rings. The van der Waals surface area contributed by atoms with E-state index in [1.807, 2.05) is 11.8 Å². The Labute approximate surface area is 133 Å². The maximum absolute atomic E-state index is 12.8. The quantitative estimate of drug-likeness (QED) is 0.843. The zero-order chi connectivity index (χ0) is 15.7. The number of nitrogens with zero attached hydrogens (tertiary/aromatic N) is 5. The molecule has 0 aromatic carbocycles. The number of hydrogen-bond acceptors (Lipinski definition) is 6. The average molecular weight is 317 g/mol. The number of likely N-dealkylation sites (N-methyl/N-ethyl adjacent to an activating group) is 1. The smallest absolute Gasteiger partial charge is 0.266 e. The van der Waals surface area contributed by atoms with Crippen molar-refractivity contribution in [1.82, 2.24) is 24.8 Å². The third kappa shape index (κ3) is 2.86. The van der Waals surface area contributed by atoms with Gasteiger partial charge in [-0.25, -0.2) is 15.0 Å². The molecule has 6 nitrogen and oxygen atoms in total. The minimum atomic E-state index is 0.0674. The van der Waals surface area contributed by atoms with E-state index < -0.39 is 0 Å². The topological polar surface area (TPSA) is 62.2 Å². The zero-order valence-electron chi connectivity index (χ0n) is 13.0. The van der Waals surface area contributed by atoms with Crippen LogP contribution in [0.2, 0.25) is 0 Å². The van der Waals surface area contributed by atoms with E-state index in [1.54, 1.807) is 18.5 Å². The van der Waals surface area contributed by atoms with Crippen LogP contribution in [0.4, 0.5) is 0 Å². The van der Waals surface area contributed by atoms with Crippen molar-refractivity contribution in [2.75, 3.05) is 26.7 Å². The van der Waals surface area contributed by atoms with Crippen LogP contribution < -0.4 is 0 Å². The van der Waals surface area contributed by atoms with Gasteiger partial charge < -0.3 is 9.80 Å². The first kappa shape index (κ1) is 15.1. The molecule has 1 fully saturated rings. The van der Waals surface area contributed by atoms with Crippen LogP contribution in [0.3, 0.4) is 0 Å². The molecule has 0 bridgehead atoms. The third-order valence-electron chi connectivity index (χ3n) is 3.84. The highest BCUT2D eigenvalue weighted by Gasteiger charge is 2.29. The van der Waals surface area contributed by atoms with Gasteiger partial charge in [0.15, 0.2) is 10.8 Å². The monoisotopic (exact) mass is 317 g/mol. The SMILES string of the molecule is Cc1nc(-c2ncccn2)sc1C(=O)N1CCN(C)CC1C. The van der Waals surface area contributed by atoms with E-state index in [2.05, 4.69) is 33.8 Å². The Morgan fingerprint density at radius 1 is 1.32 bits per heavy atom. The van der Waals surface area contributed by atoms with Crippen LogP contribution in [-0.4, -0.2) is 63.4 Å². The van der Waals surface area contributed by atoms with Crippen LogP contribution >= 0.6 is 11.3 Å². The van der Waals surface area contributed by atoms with Crippen molar-refractivity contribution in [2.24, 2.45) is 0 Å². The first-order chi connectivity index (χ1) is 10.6. The first-order valence-corrected chi connectivity index (χ1v) is 8.12. The summed E-state index contributed by atoms with van der Waals surface area (Å²) in [6.45, 7) is 6.52. The predicted octanol–water partition coefficient (Wildman–Crippen LogP) is 1.68. The Morgan fingerprint density at radius 2 is 2.05 bits per heavy atom. The van der Waals surface area contributed by atoms with E-state index in [1.165, 1.54) is 11.3 Å². The first-order valence-electron chi connectivity index (χ1n) is 7.30. The summed E-state index contributed by atoms with van der Waals surface area (Å²) >= 11 is 1.38. The molecule has 1 aliphatic rings. The molecular formula is C15H19N5OS. The van der Waals surface area contributed by atoms with Crippen LogP contribution in [-0.2, 0) is 0 Å². The number of piperazine rings is 1. The summed E-state index contributed by atoms with van der Waals surface area (Å²) in [6, 6.07) is 1.98. The molecule has 0 N–H and O–H groups in total. The van der Waals surface area contributed by atoms with Crippen LogP contribution in [0.15, 0.2) is 18.5 Å². The highest BCUT2D eigenvalue weighted by Crippen LogP contribution is 2.27. The fourth-order valence-corrected chi connectivity index (χ4v) is 3.64. The van der Waals surface area contributed by atoms with Gasteiger partial charge in [-0.05, 0) is 27.0 Å². The van der Waals surface area contributed by atoms with E-state index in [9.17, 15) is 4.79 Å². The number of rotatable bonds is 2. The lowest BCUT2D eigenvalue weighted by atomic mass is 10.2. The molecule has 0 saturated carbocycles. The highest BCUT2D eigenvalue weighted by atomic mass is 32.1. The van der Waals surface area contributed by atoms with Crippen molar-refractivity contribution < 1.29 is 4.79 Å². The van der Waals surface area contributed by atoms with Crippen LogP contribution in [0, 0.1) is 6.92 Å². The molecule has 1 unspecified atom stereocenters. The van der Waals surface area contributed by atoms with Crippen molar-refractivity contribution in [3.8, 4) is 10.8 Å². The number of carbonyl (C=O) groups is 1. The lowest BCUT2D eigenvalue weighted by Gasteiger charge is -2.38. The summed E-state index contributed by atoms with van der Waals surface area (Å²) in [5.41, 5.74) is 0.753. The second-order valence-corrected chi connectivity index (χ2v) is 6.61. The Kier molecular flexibility index (Phi) is 4.17. The predicted molar refractivity (Wildman–Crippen MR) is 85.9 cm³/mol. The van der Waals surface area contributed by atoms with Crippen LogP contribution in [0.1, 0.15) is 22.3 Å². The molecule has 0 aliphatic carbocycles. The van der Waals surface area contributed by atoms with Gasteiger partial charge in [-0.1, -0.05) is 0 Å². The Balaban J connectivity index is 1.86. The number of aromatic nitrogens is 3. The van der Waals surface area contributed by atoms with Crippen molar-refractivity contribution in [3.05, 3.63) is 29.0 Å². The molecular weight excluding hydrogens is 298 g/mol. The van der Waals surface area contributed by atoms with Crippen LogP contribution in [0.25, 0.3) is 10.8 Å². The zero-order valence-corrected chi connectivity index (χ0v) is 13.8. The van der Waals surface area contributed by atoms with Crippen molar-refractivity contribution in [2.45, 2.75) is 19.9 Å². The third-order valence-corrected chi connectivity index (χ3v) is 4.98. The minimum absolute atomic E-state index is 0.0674. The summed E-state index contributed by atoms with van der Waals surface area (Å²) in [7, 11) is 2.08. The normalized spacial score (nSPS) is 19.4. The maximum atomic E-state index is 12.8. The molecule has 116 valence electrons.